The van der Waals surface area contributed by atoms with Crippen LogP contribution in [0.4, 0.5) is 0 Å². The van der Waals surface area contributed by atoms with Crippen molar-refractivity contribution in [1.29, 1.82) is 0 Å². The van der Waals surface area contributed by atoms with Crippen molar-refractivity contribution in [2.24, 2.45) is 17.8 Å². The molecule has 0 unspecified atom stereocenters. The smallest absolute Gasteiger partial charge is 0.352 e. The van der Waals surface area contributed by atoms with Gasteiger partial charge in [0, 0.05) is 76.3 Å². The number of hydrogen-bond acceptors (Lipinski definition) is 6. The normalized spacial score (nSPS) is 17.2. The lowest BCUT2D eigenvalue weighted by Gasteiger charge is -2.21. The number of rotatable bonds is 1. The Morgan fingerprint density at radius 3 is 2.67 bits per heavy atom. The molecule has 2 aromatic heterocycles. The van der Waals surface area contributed by atoms with E-state index in [1.807, 2.05) is 55.4 Å². The number of nitrogens with zero attached hydrogens (tertiary/aromatic N) is 4. The van der Waals surface area contributed by atoms with Gasteiger partial charge in [0.25, 0.3) is 0 Å². The Kier molecular flexibility index (Phi) is 9.52. The van der Waals surface area contributed by atoms with Crippen LogP contribution < -0.4 is 10.5 Å². The van der Waals surface area contributed by atoms with E-state index in [-0.39, 0.29) is 5.69 Å². The highest BCUT2D eigenvalue weighted by Crippen LogP contribution is 2.43. The molecule has 0 amide bonds. The van der Waals surface area contributed by atoms with E-state index < -0.39 is 5.97 Å². The number of aliphatic imine (C=N–C) groups is 1. The summed E-state index contributed by atoms with van der Waals surface area (Å²) in [5.74, 6) is 1.25. The Morgan fingerprint density at radius 1 is 1.09 bits per heavy atom. The van der Waals surface area contributed by atoms with Crippen molar-refractivity contribution in [3.63, 3.8) is 0 Å². The summed E-state index contributed by atoms with van der Waals surface area (Å²) in [6.07, 6.45) is 8.75. The monoisotopic (exact) mass is 659 g/mol. The van der Waals surface area contributed by atoms with E-state index in [2.05, 4.69) is 17.1 Å². The van der Waals surface area contributed by atoms with E-state index in [1.54, 1.807) is 11.8 Å². The maximum Gasteiger partial charge on any atom is 0.352 e. The molecule has 0 saturated heterocycles. The molecule has 0 atom stereocenters. The van der Waals surface area contributed by atoms with Crippen LogP contribution >= 0.6 is 23.4 Å². The van der Waals surface area contributed by atoms with Gasteiger partial charge in [0.2, 0.25) is 0 Å². The van der Waals surface area contributed by atoms with Gasteiger partial charge in [-0.15, -0.1) is 11.8 Å². The molecule has 0 radical (unpaired) electrons. The second-order valence-electron chi connectivity index (χ2n) is 12.3. The molecule has 46 heavy (non-hydrogen) atoms. The van der Waals surface area contributed by atoms with Crippen molar-refractivity contribution in [3.05, 3.63) is 80.4 Å². The molecular formula is C36H42ClN5O3S. The van der Waals surface area contributed by atoms with Gasteiger partial charge in [-0.05, 0) is 105 Å². The largest absolute Gasteiger partial charge is 0.493 e. The Balaban J connectivity index is 1.46. The standard InChI is InChI=1S/C36H42ClN5O3S/c1-21-32-30-13-12-28(37)34(32)33-22(2)41(4)40-29(33)20-46-19-25(38)18-26(39-3)11-10-23-16-24-8-5-6-9-27(24)31(17-23)45-15-7-14-42(30)35(21)36(43)44/h12-13,16-18H,5-11,14-15,19-20,38H2,1-4H3,(H,43,44). The number of carboxylic acids is 1. The lowest BCUT2D eigenvalue weighted by Crippen LogP contribution is -2.13. The first-order valence-electron chi connectivity index (χ1n) is 16.0. The molecule has 6 rings (SSSR count). The zero-order valence-corrected chi connectivity index (χ0v) is 28.7. The molecule has 0 spiro atoms. The number of carboxylic acid groups (broad SMARTS) is 1. The zero-order valence-electron chi connectivity index (χ0n) is 27.1. The van der Waals surface area contributed by atoms with Gasteiger partial charge in [-0.2, -0.15) is 5.10 Å². The number of nitrogens with two attached hydrogens (primary N) is 1. The number of thioether (sulfide) groups is 1. The van der Waals surface area contributed by atoms with Crippen molar-refractivity contribution < 1.29 is 14.6 Å². The Morgan fingerprint density at radius 2 is 1.89 bits per heavy atom. The van der Waals surface area contributed by atoms with Gasteiger partial charge < -0.3 is 20.1 Å². The lowest BCUT2D eigenvalue weighted by molar-refractivity contribution is 0.0684. The molecule has 4 aromatic rings. The minimum atomic E-state index is -0.955. The molecule has 2 aromatic carbocycles. The predicted molar refractivity (Wildman–Crippen MR) is 189 cm³/mol. The maximum atomic E-state index is 12.7. The molecule has 0 saturated carbocycles. The maximum absolute atomic E-state index is 12.7. The van der Waals surface area contributed by atoms with Crippen LogP contribution in [0.2, 0.25) is 5.02 Å². The van der Waals surface area contributed by atoms with E-state index in [9.17, 15) is 9.90 Å². The van der Waals surface area contributed by atoms with Crippen LogP contribution in [0, 0.1) is 13.8 Å². The summed E-state index contributed by atoms with van der Waals surface area (Å²) in [5, 5.41) is 16.7. The van der Waals surface area contributed by atoms with Crippen LogP contribution in [0.3, 0.4) is 0 Å². The summed E-state index contributed by atoms with van der Waals surface area (Å²) in [5.41, 5.74) is 17.7. The molecule has 3 heterocycles. The minimum Gasteiger partial charge on any atom is -0.493 e. The fourth-order valence-corrected chi connectivity index (χ4v) is 8.15. The highest BCUT2D eigenvalue weighted by atomic mass is 35.5. The average Bonchev–Trinajstić information content (AvgIpc) is 3.48. The highest BCUT2D eigenvalue weighted by molar-refractivity contribution is 7.98. The van der Waals surface area contributed by atoms with Crippen LogP contribution in [0.15, 0.2) is 41.0 Å². The van der Waals surface area contributed by atoms with E-state index >= 15 is 0 Å². The molecule has 242 valence electrons. The second kappa shape index (κ2) is 13.6. The fourth-order valence-electron chi connectivity index (χ4n) is 7.08. The number of aryl methyl sites for hydroxylation is 5. The van der Waals surface area contributed by atoms with Crippen molar-refractivity contribution in [3.8, 4) is 16.9 Å². The summed E-state index contributed by atoms with van der Waals surface area (Å²) in [6.45, 7) is 4.90. The summed E-state index contributed by atoms with van der Waals surface area (Å²) in [4.78, 5) is 17.3. The summed E-state index contributed by atoms with van der Waals surface area (Å²) >= 11 is 8.66. The van der Waals surface area contributed by atoms with E-state index in [1.165, 1.54) is 23.1 Å². The van der Waals surface area contributed by atoms with E-state index in [0.717, 1.165) is 82.7 Å². The number of aromatic nitrogens is 3. The van der Waals surface area contributed by atoms with Crippen molar-refractivity contribution in [1.82, 2.24) is 14.3 Å². The zero-order chi connectivity index (χ0) is 32.5. The third-order valence-corrected chi connectivity index (χ3v) is 10.7. The highest BCUT2D eigenvalue weighted by Gasteiger charge is 2.27. The quantitative estimate of drug-likeness (QED) is 0.220. The summed E-state index contributed by atoms with van der Waals surface area (Å²) < 4.78 is 10.3. The molecule has 2 aliphatic rings. The van der Waals surface area contributed by atoms with Gasteiger partial charge in [0.15, 0.2) is 0 Å². The Bertz CT molecular complexity index is 1890. The van der Waals surface area contributed by atoms with Gasteiger partial charge in [0.1, 0.15) is 11.4 Å². The summed E-state index contributed by atoms with van der Waals surface area (Å²) in [7, 11) is 3.75. The molecule has 3 N–H and O–H groups in total. The van der Waals surface area contributed by atoms with Crippen LogP contribution in [0.25, 0.3) is 22.0 Å². The lowest BCUT2D eigenvalue weighted by atomic mass is 9.88. The minimum absolute atomic E-state index is 0.281. The first-order valence-corrected chi connectivity index (χ1v) is 17.6. The van der Waals surface area contributed by atoms with Gasteiger partial charge in [-0.1, -0.05) is 17.7 Å². The number of hydrogen-bond donors (Lipinski definition) is 2. The Labute approximate surface area is 279 Å². The first-order chi connectivity index (χ1) is 22.2. The van der Waals surface area contributed by atoms with Gasteiger partial charge in [-0.3, -0.25) is 9.67 Å². The molecule has 1 aliphatic heterocycles. The third kappa shape index (κ3) is 6.19. The Hall–Kier alpha value is -3.69. The first kappa shape index (κ1) is 32.3. The summed E-state index contributed by atoms with van der Waals surface area (Å²) in [6, 6.07) is 8.35. The number of aromatic carboxylic acids is 1. The van der Waals surface area contributed by atoms with Gasteiger partial charge >= 0.3 is 5.97 Å². The SMILES string of the molecule is CN=C1C=C(N)CSCc2nn(C)c(C)c2-c2c(Cl)ccc3c2c(C)c(C(=O)O)n3CCCOc2cc(cc3c2CCCC3)CC1. The number of benzene rings is 2. The fraction of sp³-hybridized carbons (Fsp3) is 0.417. The average molecular weight is 660 g/mol. The number of fused-ring (bicyclic) bond motifs is 6. The number of allylic oxidation sites excluding steroid dienone is 1. The van der Waals surface area contributed by atoms with Gasteiger partial charge in [-0.25, -0.2) is 4.79 Å². The van der Waals surface area contributed by atoms with Crippen molar-refractivity contribution >= 4 is 45.9 Å². The number of ether oxygens (including phenoxy) is 1. The van der Waals surface area contributed by atoms with Crippen molar-refractivity contribution in [2.45, 2.75) is 71.1 Å². The molecule has 0 fully saturated rings. The molecular weight excluding hydrogens is 618 g/mol. The topological polar surface area (TPSA) is 108 Å². The second-order valence-corrected chi connectivity index (χ2v) is 13.7. The van der Waals surface area contributed by atoms with Gasteiger partial charge in [0.05, 0.1) is 12.3 Å². The van der Waals surface area contributed by atoms with Crippen molar-refractivity contribution in [2.75, 3.05) is 19.4 Å². The molecule has 6 bridgehead atoms. The third-order valence-electron chi connectivity index (χ3n) is 9.37. The number of halogens is 1. The molecule has 8 nitrogen and oxygen atoms in total. The van der Waals surface area contributed by atoms with Crippen LogP contribution in [-0.4, -0.2) is 50.5 Å². The van der Waals surface area contributed by atoms with Crippen LogP contribution in [0.1, 0.15) is 69.8 Å². The molecule has 10 heteroatoms. The van der Waals surface area contributed by atoms with E-state index in [0.29, 0.717) is 41.7 Å². The van der Waals surface area contributed by atoms with Crippen LogP contribution in [-0.2, 0) is 38.6 Å². The predicted octanol–water partition coefficient (Wildman–Crippen LogP) is 7.45. The molecule has 1 aliphatic carbocycles. The van der Waals surface area contributed by atoms with E-state index in [4.69, 9.17) is 27.2 Å². The van der Waals surface area contributed by atoms with Crippen LogP contribution in [0.5, 0.6) is 5.75 Å². The number of carbonyl (C=O) groups is 1.